The molecule has 0 aliphatic carbocycles. The molecule has 2 atom stereocenters. The maximum Gasteiger partial charge on any atom is 0.163 e. The SMILES string of the molecule is Fc1cc(F)c(F)c(CN2CC[C@H]3OCc4cnnn4[C@@H]3C2)c1. The second-order valence-corrected chi connectivity index (χ2v) is 5.97. The highest BCUT2D eigenvalue weighted by molar-refractivity contribution is 5.20. The standard InChI is InChI=1S/C15H15F3N4O/c16-10-3-9(15(18)12(17)4-10)6-21-2-1-14-13(7-21)22-11(8-23-14)5-19-20-22/h3-5,13-14H,1-2,6-8H2/t13-,14-/m1/s1. The van der Waals surface area contributed by atoms with E-state index in [1.807, 2.05) is 9.58 Å². The van der Waals surface area contributed by atoms with Gasteiger partial charge in [-0.2, -0.15) is 0 Å². The van der Waals surface area contributed by atoms with E-state index in [1.54, 1.807) is 6.20 Å². The van der Waals surface area contributed by atoms with Crippen molar-refractivity contribution in [2.24, 2.45) is 0 Å². The van der Waals surface area contributed by atoms with Gasteiger partial charge in [0, 0.05) is 31.3 Å². The van der Waals surface area contributed by atoms with E-state index < -0.39 is 17.5 Å². The van der Waals surface area contributed by atoms with Gasteiger partial charge in [0.25, 0.3) is 0 Å². The van der Waals surface area contributed by atoms with Crippen molar-refractivity contribution < 1.29 is 17.9 Å². The first-order valence-corrected chi connectivity index (χ1v) is 7.48. The molecule has 0 amide bonds. The van der Waals surface area contributed by atoms with E-state index in [9.17, 15) is 13.2 Å². The number of fused-ring (bicyclic) bond motifs is 3. The van der Waals surface area contributed by atoms with Crippen molar-refractivity contribution in [1.29, 1.82) is 0 Å². The molecule has 8 heteroatoms. The van der Waals surface area contributed by atoms with Gasteiger partial charge in [0.2, 0.25) is 0 Å². The van der Waals surface area contributed by atoms with Crippen molar-refractivity contribution in [2.45, 2.75) is 31.7 Å². The van der Waals surface area contributed by atoms with Gasteiger partial charge >= 0.3 is 0 Å². The summed E-state index contributed by atoms with van der Waals surface area (Å²) in [7, 11) is 0. The predicted molar refractivity (Wildman–Crippen MR) is 73.8 cm³/mol. The lowest BCUT2D eigenvalue weighted by molar-refractivity contribution is -0.0671. The molecular formula is C15H15F3N4O. The molecule has 2 aliphatic rings. The van der Waals surface area contributed by atoms with Gasteiger partial charge in [-0.1, -0.05) is 5.21 Å². The summed E-state index contributed by atoms with van der Waals surface area (Å²) in [6.45, 7) is 1.87. The third kappa shape index (κ3) is 2.61. The Morgan fingerprint density at radius 1 is 1.26 bits per heavy atom. The quantitative estimate of drug-likeness (QED) is 0.793. The summed E-state index contributed by atoms with van der Waals surface area (Å²) in [6, 6.07) is 1.58. The molecule has 1 aromatic carbocycles. The number of halogens is 3. The summed E-state index contributed by atoms with van der Waals surface area (Å²) in [4.78, 5) is 1.96. The predicted octanol–water partition coefficient (Wildman–Crippen LogP) is 2.04. The molecule has 1 aromatic heterocycles. The maximum atomic E-state index is 13.8. The summed E-state index contributed by atoms with van der Waals surface area (Å²) in [6.07, 6.45) is 2.45. The Bertz CT molecular complexity index is 736. The van der Waals surface area contributed by atoms with Crippen LogP contribution in [0.1, 0.15) is 23.7 Å². The van der Waals surface area contributed by atoms with Crippen molar-refractivity contribution in [3.8, 4) is 0 Å². The lowest BCUT2D eigenvalue weighted by Crippen LogP contribution is -2.47. The number of hydrogen-bond donors (Lipinski definition) is 0. The zero-order valence-electron chi connectivity index (χ0n) is 12.3. The molecular weight excluding hydrogens is 309 g/mol. The van der Waals surface area contributed by atoms with Crippen LogP contribution in [-0.2, 0) is 17.9 Å². The third-order valence-electron chi connectivity index (χ3n) is 4.48. The van der Waals surface area contributed by atoms with Gasteiger partial charge in [0.1, 0.15) is 5.82 Å². The smallest absolute Gasteiger partial charge is 0.163 e. The fraction of sp³-hybridized carbons (Fsp3) is 0.467. The van der Waals surface area contributed by atoms with Gasteiger partial charge < -0.3 is 4.74 Å². The first-order valence-electron chi connectivity index (χ1n) is 7.48. The maximum absolute atomic E-state index is 13.8. The normalized spacial score (nSPS) is 24.3. The Morgan fingerprint density at radius 2 is 2.13 bits per heavy atom. The summed E-state index contributed by atoms with van der Waals surface area (Å²) in [5.74, 6) is -2.92. The molecule has 1 saturated heterocycles. The van der Waals surface area contributed by atoms with Crippen LogP contribution in [0.2, 0.25) is 0 Å². The van der Waals surface area contributed by atoms with Crippen LogP contribution in [0.25, 0.3) is 0 Å². The first kappa shape index (κ1) is 14.6. The van der Waals surface area contributed by atoms with Crippen LogP contribution >= 0.6 is 0 Å². The van der Waals surface area contributed by atoms with Crippen LogP contribution < -0.4 is 0 Å². The highest BCUT2D eigenvalue weighted by Crippen LogP contribution is 2.31. The molecule has 0 saturated carbocycles. The van der Waals surface area contributed by atoms with E-state index in [1.165, 1.54) is 0 Å². The van der Waals surface area contributed by atoms with Gasteiger partial charge in [0.05, 0.1) is 30.6 Å². The number of piperidine rings is 1. The lowest BCUT2D eigenvalue weighted by Gasteiger charge is -2.41. The van der Waals surface area contributed by atoms with Crippen LogP contribution in [0.4, 0.5) is 13.2 Å². The van der Waals surface area contributed by atoms with Gasteiger partial charge in [-0.15, -0.1) is 5.10 Å². The van der Waals surface area contributed by atoms with Crippen molar-refractivity contribution >= 4 is 0 Å². The van der Waals surface area contributed by atoms with Gasteiger partial charge in [0.15, 0.2) is 11.6 Å². The van der Waals surface area contributed by atoms with Crippen LogP contribution in [0, 0.1) is 17.5 Å². The van der Waals surface area contributed by atoms with E-state index in [2.05, 4.69) is 10.3 Å². The van der Waals surface area contributed by atoms with Gasteiger partial charge in [-0.25, -0.2) is 17.9 Å². The van der Waals surface area contributed by atoms with E-state index in [0.29, 0.717) is 25.8 Å². The minimum atomic E-state index is -1.16. The van der Waals surface area contributed by atoms with E-state index >= 15 is 0 Å². The van der Waals surface area contributed by atoms with Crippen molar-refractivity contribution in [2.75, 3.05) is 13.1 Å². The third-order valence-corrected chi connectivity index (χ3v) is 4.48. The Morgan fingerprint density at radius 3 is 3.00 bits per heavy atom. The number of likely N-dealkylation sites (tertiary alicyclic amines) is 1. The van der Waals surface area contributed by atoms with Crippen molar-refractivity contribution in [1.82, 2.24) is 19.9 Å². The topological polar surface area (TPSA) is 43.2 Å². The number of hydrogen-bond acceptors (Lipinski definition) is 4. The minimum absolute atomic E-state index is 0.0172. The van der Waals surface area contributed by atoms with Gasteiger partial charge in [-0.05, 0) is 12.5 Å². The Labute approximate surface area is 130 Å². The number of rotatable bonds is 2. The summed E-state index contributed by atoms with van der Waals surface area (Å²) < 4.78 is 48.1. The van der Waals surface area contributed by atoms with E-state index in [4.69, 9.17) is 4.74 Å². The van der Waals surface area contributed by atoms with Gasteiger partial charge in [-0.3, -0.25) is 4.90 Å². The van der Waals surface area contributed by atoms with E-state index in [-0.39, 0.29) is 24.3 Å². The molecule has 4 rings (SSSR count). The molecule has 2 aromatic rings. The van der Waals surface area contributed by atoms with E-state index in [0.717, 1.165) is 18.2 Å². The molecule has 3 heterocycles. The number of aromatic nitrogens is 3. The van der Waals surface area contributed by atoms with Crippen molar-refractivity contribution in [3.05, 3.63) is 47.0 Å². The molecule has 5 nitrogen and oxygen atoms in total. The lowest BCUT2D eigenvalue weighted by atomic mass is 9.99. The molecule has 0 N–H and O–H groups in total. The largest absolute Gasteiger partial charge is 0.370 e. The minimum Gasteiger partial charge on any atom is -0.370 e. The monoisotopic (exact) mass is 324 g/mol. The summed E-state index contributed by atoms with van der Waals surface area (Å²) in [5.41, 5.74) is 0.924. The second-order valence-electron chi connectivity index (χ2n) is 5.97. The molecule has 122 valence electrons. The second kappa shape index (κ2) is 5.61. The number of ether oxygens (including phenoxy) is 1. The number of nitrogens with zero attached hydrogens (tertiary/aromatic N) is 4. The molecule has 0 spiro atoms. The van der Waals surface area contributed by atoms with Crippen LogP contribution in [0.3, 0.4) is 0 Å². The highest BCUT2D eigenvalue weighted by atomic mass is 19.2. The average molecular weight is 324 g/mol. The fourth-order valence-electron chi connectivity index (χ4n) is 3.35. The fourth-order valence-corrected chi connectivity index (χ4v) is 3.35. The Kier molecular flexibility index (Phi) is 3.57. The molecule has 0 bridgehead atoms. The molecule has 1 fully saturated rings. The summed E-state index contributed by atoms with van der Waals surface area (Å²) >= 11 is 0. The number of benzene rings is 1. The van der Waals surface area contributed by atoms with Crippen LogP contribution in [0.15, 0.2) is 18.3 Å². The zero-order valence-corrected chi connectivity index (χ0v) is 12.3. The average Bonchev–Trinajstić information content (AvgIpc) is 3.01. The Balaban J connectivity index is 1.55. The Hall–Kier alpha value is -1.93. The van der Waals surface area contributed by atoms with Crippen molar-refractivity contribution in [3.63, 3.8) is 0 Å². The molecule has 23 heavy (non-hydrogen) atoms. The zero-order chi connectivity index (χ0) is 16.0. The first-order chi connectivity index (χ1) is 11.1. The summed E-state index contributed by atoms with van der Waals surface area (Å²) in [5, 5.41) is 7.99. The molecule has 0 radical (unpaired) electrons. The molecule has 2 aliphatic heterocycles. The van der Waals surface area contributed by atoms with Crippen LogP contribution in [-0.4, -0.2) is 39.1 Å². The molecule has 0 unspecified atom stereocenters. The van der Waals surface area contributed by atoms with Crippen LogP contribution in [0.5, 0.6) is 0 Å². The highest BCUT2D eigenvalue weighted by Gasteiger charge is 2.36.